The number of hydrogen-bond donors (Lipinski definition) is 4. The van der Waals surface area contributed by atoms with Crippen molar-refractivity contribution in [2.75, 3.05) is 0 Å². The van der Waals surface area contributed by atoms with Crippen LogP contribution in [0.25, 0.3) is 0 Å². The topological polar surface area (TPSA) is 125 Å². The van der Waals surface area contributed by atoms with E-state index in [0.29, 0.717) is 0 Å². The summed E-state index contributed by atoms with van der Waals surface area (Å²) in [5.41, 5.74) is -1.01. The number of aliphatic hydroxyl groups excluding tert-OH is 3. The Bertz CT molecular complexity index is 577. The van der Waals surface area contributed by atoms with Gasteiger partial charge >= 0.3 is 5.69 Å². The van der Waals surface area contributed by atoms with Crippen molar-refractivity contribution in [1.82, 2.24) is 9.55 Å². The van der Waals surface area contributed by atoms with Crippen LogP contribution in [0.1, 0.15) is 18.7 Å². The third-order valence-electron chi connectivity index (χ3n) is 3.17. The molecule has 0 spiro atoms. The fourth-order valence-electron chi connectivity index (χ4n) is 2.09. The molecule has 1 aliphatic rings. The van der Waals surface area contributed by atoms with Crippen molar-refractivity contribution >= 4 is 0 Å². The highest BCUT2D eigenvalue weighted by Crippen LogP contribution is 2.29. The minimum Gasteiger partial charge on any atom is -0.391 e. The number of aryl methyl sites for hydroxylation is 1. The molecular weight excluding hydrogens is 256 g/mol. The lowest BCUT2D eigenvalue weighted by Crippen LogP contribution is -2.39. The largest absolute Gasteiger partial charge is 0.391 e. The zero-order valence-corrected chi connectivity index (χ0v) is 10.5. The van der Waals surface area contributed by atoms with Gasteiger partial charge in [0, 0.05) is 11.8 Å². The zero-order valence-electron chi connectivity index (χ0n) is 10.5. The number of aromatic amines is 1. The molecule has 0 amide bonds. The predicted molar refractivity (Wildman–Crippen MR) is 63.7 cm³/mol. The second kappa shape index (κ2) is 4.89. The van der Waals surface area contributed by atoms with Crippen LogP contribution in [0.5, 0.6) is 0 Å². The summed E-state index contributed by atoms with van der Waals surface area (Å²) in [7, 11) is 0. The first-order valence-electron chi connectivity index (χ1n) is 5.84. The van der Waals surface area contributed by atoms with Crippen LogP contribution in [-0.4, -0.2) is 49.3 Å². The van der Waals surface area contributed by atoms with Crippen LogP contribution in [0.4, 0.5) is 0 Å². The van der Waals surface area contributed by atoms with Crippen LogP contribution in [0.2, 0.25) is 0 Å². The molecule has 8 heteroatoms. The third kappa shape index (κ3) is 2.35. The summed E-state index contributed by atoms with van der Waals surface area (Å²) >= 11 is 0. The average molecular weight is 272 g/mol. The molecule has 0 aromatic carbocycles. The highest BCUT2D eigenvalue weighted by Gasteiger charge is 2.46. The summed E-state index contributed by atoms with van der Waals surface area (Å²) in [6.45, 7) is 2.91. The monoisotopic (exact) mass is 272 g/mol. The lowest BCUT2D eigenvalue weighted by atomic mass is 10.1. The molecule has 1 saturated heterocycles. The Hall–Kier alpha value is -1.48. The molecule has 0 aliphatic carbocycles. The highest BCUT2D eigenvalue weighted by atomic mass is 16.6. The third-order valence-corrected chi connectivity index (χ3v) is 3.17. The predicted octanol–water partition coefficient (Wildman–Crippen LogP) is -2.15. The minimum atomic E-state index is -1.37. The van der Waals surface area contributed by atoms with Gasteiger partial charge in [-0.05, 0) is 13.8 Å². The van der Waals surface area contributed by atoms with E-state index in [1.807, 2.05) is 0 Å². The van der Waals surface area contributed by atoms with Crippen molar-refractivity contribution in [1.29, 1.82) is 0 Å². The minimum absolute atomic E-state index is 0.269. The standard InChI is InChI=1S/C11H16N2O6/c1-4-3-13(11(18)12-9(4)17)10-7(16)6(15)8(19-10)5(2)14/h3,5-8,10,14-16H,1-2H3,(H,12,17,18)/t5?,6?,7?,8-,10-/m1/s1. The van der Waals surface area contributed by atoms with E-state index in [1.54, 1.807) is 0 Å². The molecule has 106 valence electrons. The van der Waals surface area contributed by atoms with E-state index in [1.165, 1.54) is 20.0 Å². The van der Waals surface area contributed by atoms with Gasteiger partial charge in [0.25, 0.3) is 5.56 Å². The van der Waals surface area contributed by atoms with Crippen LogP contribution in [0.3, 0.4) is 0 Å². The molecule has 1 aliphatic heterocycles. The summed E-state index contributed by atoms with van der Waals surface area (Å²) in [6, 6.07) is 0. The Labute approximate surface area is 107 Å². The molecule has 4 N–H and O–H groups in total. The molecule has 3 unspecified atom stereocenters. The maximum atomic E-state index is 11.7. The summed E-state index contributed by atoms with van der Waals surface area (Å²) in [5.74, 6) is 0. The lowest BCUT2D eigenvalue weighted by molar-refractivity contribution is -0.0804. The molecule has 19 heavy (non-hydrogen) atoms. The Balaban J connectivity index is 2.41. The van der Waals surface area contributed by atoms with Crippen LogP contribution < -0.4 is 11.2 Å². The normalized spacial score (nSPS) is 32.5. The van der Waals surface area contributed by atoms with Crippen LogP contribution in [-0.2, 0) is 4.74 Å². The number of aromatic nitrogens is 2. The van der Waals surface area contributed by atoms with Crippen molar-refractivity contribution in [3.63, 3.8) is 0 Å². The maximum absolute atomic E-state index is 11.7. The SMILES string of the molecule is Cc1cn([C@@H]2O[C@H](C(C)O)C(O)C2O)c(=O)[nH]c1=O. The first kappa shape index (κ1) is 13.9. The molecule has 0 radical (unpaired) electrons. The number of rotatable bonds is 2. The number of nitrogens with zero attached hydrogens (tertiary/aromatic N) is 1. The van der Waals surface area contributed by atoms with E-state index in [4.69, 9.17) is 4.74 Å². The molecule has 1 aromatic heterocycles. The molecule has 1 fully saturated rings. The summed E-state index contributed by atoms with van der Waals surface area (Å²) in [4.78, 5) is 25.0. The van der Waals surface area contributed by atoms with E-state index in [2.05, 4.69) is 4.98 Å². The molecule has 2 heterocycles. The molecule has 8 nitrogen and oxygen atoms in total. The lowest BCUT2D eigenvalue weighted by Gasteiger charge is -2.18. The Morgan fingerprint density at radius 3 is 2.53 bits per heavy atom. The first-order chi connectivity index (χ1) is 8.82. The maximum Gasteiger partial charge on any atom is 0.330 e. The smallest absolute Gasteiger partial charge is 0.330 e. The fraction of sp³-hybridized carbons (Fsp3) is 0.636. The van der Waals surface area contributed by atoms with Crippen molar-refractivity contribution in [2.45, 2.75) is 44.5 Å². The summed E-state index contributed by atoms with van der Waals surface area (Å²) in [5, 5.41) is 29.1. The molecular formula is C11H16N2O6. The van der Waals surface area contributed by atoms with Crippen molar-refractivity contribution in [2.24, 2.45) is 0 Å². The molecule has 0 bridgehead atoms. The highest BCUT2D eigenvalue weighted by molar-refractivity contribution is 5.03. The average Bonchev–Trinajstić information content (AvgIpc) is 2.62. The Morgan fingerprint density at radius 2 is 2.00 bits per heavy atom. The van der Waals surface area contributed by atoms with Crippen LogP contribution >= 0.6 is 0 Å². The number of aliphatic hydroxyl groups is 3. The van der Waals surface area contributed by atoms with E-state index in [0.717, 1.165) is 4.57 Å². The second-order valence-electron chi connectivity index (χ2n) is 4.69. The molecule has 1 aromatic rings. The van der Waals surface area contributed by atoms with Crippen molar-refractivity contribution < 1.29 is 20.1 Å². The van der Waals surface area contributed by atoms with Gasteiger partial charge in [-0.25, -0.2) is 4.79 Å². The summed E-state index contributed by atoms with van der Waals surface area (Å²) in [6.07, 6.45) is -4.61. The van der Waals surface area contributed by atoms with Crippen LogP contribution in [0, 0.1) is 6.92 Å². The van der Waals surface area contributed by atoms with Crippen LogP contribution in [0.15, 0.2) is 15.8 Å². The zero-order chi connectivity index (χ0) is 14.3. The quantitative estimate of drug-likeness (QED) is 0.486. The van der Waals surface area contributed by atoms with Crippen molar-refractivity contribution in [3.8, 4) is 0 Å². The van der Waals surface area contributed by atoms with Gasteiger partial charge in [0.1, 0.15) is 18.3 Å². The molecule has 2 rings (SSSR count). The fourth-order valence-corrected chi connectivity index (χ4v) is 2.09. The van der Waals surface area contributed by atoms with E-state index in [-0.39, 0.29) is 5.56 Å². The number of ether oxygens (including phenoxy) is 1. The van der Waals surface area contributed by atoms with E-state index in [9.17, 15) is 24.9 Å². The van der Waals surface area contributed by atoms with Gasteiger partial charge in [0.05, 0.1) is 6.10 Å². The van der Waals surface area contributed by atoms with Gasteiger partial charge < -0.3 is 20.1 Å². The number of nitrogens with one attached hydrogen (secondary N) is 1. The van der Waals surface area contributed by atoms with E-state index >= 15 is 0 Å². The van der Waals surface area contributed by atoms with Gasteiger partial charge in [-0.1, -0.05) is 0 Å². The summed E-state index contributed by atoms with van der Waals surface area (Å²) < 4.78 is 6.29. The van der Waals surface area contributed by atoms with Gasteiger partial charge in [-0.3, -0.25) is 14.3 Å². The van der Waals surface area contributed by atoms with Gasteiger partial charge in [0.2, 0.25) is 0 Å². The van der Waals surface area contributed by atoms with E-state index < -0.39 is 41.9 Å². The van der Waals surface area contributed by atoms with Crippen molar-refractivity contribution in [3.05, 3.63) is 32.6 Å². The molecule has 5 atom stereocenters. The number of hydrogen-bond acceptors (Lipinski definition) is 6. The van der Waals surface area contributed by atoms with Gasteiger partial charge in [-0.2, -0.15) is 0 Å². The van der Waals surface area contributed by atoms with Gasteiger partial charge in [-0.15, -0.1) is 0 Å². The second-order valence-corrected chi connectivity index (χ2v) is 4.69. The molecule has 0 saturated carbocycles. The first-order valence-corrected chi connectivity index (χ1v) is 5.84. The van der Waals surface area contributed by atoms with Gasteiger partial charge in [0.15, 0.2) is 6.23 Å². The Morgan fingerprint density at radius 1 is 1.37 bits per heavy atom. The number of H-pyrrole nitrogens is 1. The Kier molecular flexibility index (Phi) is 3.59.